The summed E-state index contributed by atoms with van der Waals surface area (Å²) in [5.74, 6) is -0.926. The van der Waals surface area contributed by atoms with Crippen LogP contribution in [0.3, 0.4) is 0 Å². The van der Waals surface area contributed by atoms with Crippen molar-refractivity contribution in [2.24, 2.45) is 0 Å². The molecule has 6 nitrogen and oxygen atoms in total. The lowest BCUT2D eigenvalue weighted by Gasteiger charge is -2.12. The van der Waals surface area contributed by atoms with Crippen molar-refractivity contribution in [3.8, 4) is 0 Å². The Hall–Kier alpha value is -1.30. The summed E-state index contributed by atoms with van der Waals surface area (Å²) in [4.78, 5) is 21.9. The topological polar surface area (TPSA) is 87.7 Å². The minimum atomic E-state index is -0.926. The van der Waals surface area contributed by atoms with Crippen molar-refractivity contribution in [3.63, 3.8) is 0 Å². The summed E-state index contributed by atoms with van der Waals surface area (Å²) in [5, 5.41) is 14.2. The Labute approximate surface area is 93.3 Å². The van der Waals surface area contributed by atoms with Crippen molar-refractivity contribution in [3.05, 3.63) is 0 Å². The van der Waals surface area contributed by atoms with E-state index in [0.717, 1.165) is 12.8 Å². The molecule has 90 valence electrons. The van der Waals surface area contributed by atoms with Crippen molar-refractivity contribution in [1.82, 2.24) is 10.6 Å². The molecule has 0 aromatic heterocycles. The first-order valence-electron chi connectivity index (χ1n) is 5.58. The third-order valence-corrected chi connectivity index (χ3v) is 2.79. The number of carboxylic acid groups (broad SMARTS) is 1. The van der Waals surface area contributed by atoms with E-state index >= 15 is 0 Å². The van der Waals surface area contributed by atoms with Gasteiger partial charge in [-0.25, -0.2) is 9.59 Å². The predicted molar refractivity (Wildman–Crippen MR) is 55.1 cm³/mol. The molecular formula is C10H16N2O4. The molecule has 1 heterocycles. The summed E-state index contributed by atoms with van der Waals surface area (Å²) in [5.41, 5.74) is 0. The van der Waals surface area contributed by atoms with Crippen molar-refractivity contribution >= 4 is 12.0 Å². The second-order valence-corrected chi connectivity index (χ2v) is 4.29. The molecule has 0 aromatic rings. The molecule has 2 atom stereocenters. The molecular weight excluding hydrogens is 212 g/mol. The fraction of sp³-hybridized carbons (Fsp3) is 0.800. The van der Waals surface area contributed by atoms with Gasteiger partial charge in [-0.1, -0.05) is 0 Å². The molecule has 0 bridgehead atoms. The standard InChI is InChI=1S/C10H16N2O4/c13-9(14)8-4-3-7(16-8)5-11-10(15)12-6-1-2-6/h6-8H,1-5H2,(H,13,14)(H2,11,12,15)/t7-,8+/m1/s1. The third kappa shape index (κ3) is 3.10. The molecule has 2 fully saturated rings. The molecule has 2 aliphatic rings. The Morgan fingerprint density at radius 2 is 2.00 bits per heavy atom. The van der Waals surface area contributed by atoms with Crippen molar-refractivity contribution in [2.45, 2.75) is 43.9 Å². The fourth-order valence-corrected chi connectivity index (χ4v) is 1.71. The largest absolute Gasteiger partial charge is 0.479 e. The van der Waals surface area contributed by atoms with Gasteiger partial charge < -0.3 is 20.5 Å². The normalized spacial score (nSPS) is 28.8. The third-order valence-electron chi connectivity index (χ3n) is 2.79. The van der Waals surface area contributed by atoms with Gasteiger partial charge in [-0.05, 0) is 25.7 Å². The van der Waals surface area contributed by atoms with Gasteiger partial charge in [0.25, 0.3) is 0 Å². The smallest absolute Gasteiger partial charge is 0.332 e. The molecule has 0 spiro atoms. The number of carbonyl (C=O) groups is 2. The summed E-state index contributed by atoms with van der Waals surface area (Å²) in [6.07, 6.45) is 2.42. The summed E-state index contributed by atoms with van der Waals surface area (Å²) in [7, 11) is 0. The Morgan fingerprint density at radius 3 is 2.56 bits per heavy atom. The zero-order valence-corrected chi connectivity index (χ0v) is 8.94. The molecule has 3 N–H and O–H groups in total. The van der Waals surface area contributed by atoms with Gasteiger partial charge in [0.05, 0.1) is 6.10 Å². The van der Waals surface area contributed by atoms with Gasteiger partial charge in [0.2, 0.25) is 0 Å². The van der Waals surface area contributed by atoms with Gasteiger partial charge in [0.15, 0.2) is 6.10 Å². The molecule has 0 aromatic carbocycles. The van der Waals surface area contributed by atoms with Gasteiger partial charge in [0.1, 0.15) is 0 Å². The van der Waals surface area contributed by atoms with Crippen molar-refractivity contribution in [2.75, 3.05) is 6.54 Å². The number of hydrogen-bond donors (Lipinski definition) is 3. The van der Waals surface area contributed by atoms with E-state index < -0.39 is 12.1 Å². The monoisotopic (exact) mass is 228 g/mol. The molecule has 6 heteroatoms. The number of nitrogens with one attached hydrogen (secondary N) is 2. The Morgan fingerprint density at radius 1 is 1.25 bits per heavy atom. The number of carboxylic acids is 1. The minimum Gasteiger partial charge on any atom is -0.479 e. The van der Waals surface area contributed by atoms with E-state index in [1.807, 2.05) is 0 Å². The van der Waals surface area contributed by atoms with Crippen LogP contribution < -0.4 is 10.6 Å². The first-order chi connectivity index (χ1) is 7.65. The second kappa shape index (κ2) is 4.69. The van der Waals surface area contributed by atoms with E-state index in [1.165, 1.54) is 0 Å². The van der Waals surface area contributed by atoms with Gasteiger partial charge in [-0.15, -0.1) is 0 Å². The van der Waals surface area contributed by atoms with Crippen LogP contribution in [-0.2, 0) is 9.53 Å². The van der Waals surface area contributed by atoms with Gasteiger partial charge in [-0.3, -0.25) is 0 Å². The van der Waals surface area contributed by atoms with Crippen LogP contribution in [0.1, 0.15) is 25.7 Å². The lowest BCUT2D eigenvalue weighted by atomic mass is 10.2. The average Bonchev–Trinajstić information content (AvgIpc) is 2.91. The highest BCUT2D eigenvalue weighted by molar-refractivity contribution is 5.74. The number of carbonyl (C=O) groups excluding carboxylic acids is 1. The van der Waals surface area contributed by atoms with E-state index in [4.69, 9.17) is 9.84 Å². The molecule has 2 rings (SSSR count). The van der Waals surface area contributed by atoms with Gasteiger partial charge >= 0.3 is 12.0 Å². The van der Waals surface area contributed by atoms with Gasteiger partial charge in [0, 0.05) is 12.6 Å². The maximum atomic E-state index is 11.3. The zero-order valence-electron chi connectivity index (χ0n) is 8.94. The van der Waals surface area contributed by atoms with Crippen LogP contribution >= 0.6 is 0 Å². The van der Waals surface area contributed by atoms with Crippen molar-refractivity contribution in [1.29, 1.82) is 0 Å². The van der Waals surface area contributed by atoms with E-state index in [-0.39, 0.29) is 12.1 Å². The number of rotatable bonds is 4. The molecule has 1 aliphatic heterocycles. The lowest BCUT2D eigenvalue weighted by molar-refractivity contribution is -0.149. The first kappa shape index (κ1) is 11.2. The summed E-state index contributed by atoms with van der Waals surface area (Å²) in [6.45, 7) is 0.377. The molecule has 2 amide bonds. The number of amides is 2. The van der Waals surface area contributed by atoms with Crippen molar-refractivity contribution < 1.29 is 19.4 Å². The fourth-order valence-electron chi connectivity index (χ4n) is 1.71. The molecule has 0 radical (unpaired) electrons. The Kier molecular flexibility index (Phi) is 3.28. The Balaban J connectivity index is 1.63. The van der Waals surface area contributed by atoms with Crippen LogP contribution in [0.15, 0.2) is 0 Å². The zero-order chi connectivity index (χ0) is 11.5. The van der Waals surface area contributed by atoms with Crippen LogP contribution in [0.2, 0.25) is 0 Å². The van der Waals surface area contributed by atoms with Crippen LogP contribution in [0.4, 0.5) is 4.79 Å². The number of ether oxygens (including phenoxy) is 1. The molecule has 1 aliphatic carbocycles. The second-order valence-electron chi connectivity index (χ2n) is 4.29. The first-order valence-corrected chi connectivity index (χ1v) is 5.58. The SMILES string of the molecule is O=C(NC[C@H]1CC[C@@H](C(=O)O)O1)NC1CC1. The maximum Gasteiger partial charge on any atom is 0.332 e. The number of aliphatic carboxylic acids is 1. The van der Waals surface area contributed by atoms with E-state index in [9.17, 15) is 9.59 Å². The van der Waals surface area contributed by atoms with Crippen LogP contribution in [0.5, 0.6) is 0 Å². The number of hydrogen-bond acceptors (Lipinski definition) is 3. The van der Waals surface area contributed by atoms with Gasteiger partial charge in [-0.2, -0.15) is 0 Å². The van der Waals surface area contributed by atoms with Crippen LogP contribution in [0.25, 0.3) is 0 Å². The van der Waals surface area contributed by atoms with E-state index in [0.29, 0.717) is 25.4 Å². The highest BCUT2D eigenvalue weighted by atomic mass is 16.5. The summed E-state index contributed by atoms with van der Waals surface area (Å²) < 4.78 is 5.25. The van der Waals surface area contributed by atoms with Crippen LogP contribution in [0, 0.1) is 0 Å². The quantitative estimate of drug-likeness (QED) is 0.636. The molecule has 1 saturated carbocycles. The molecule has 16 heavy (non-hydrogen) atoms. The summed E-state index contributed by atoms with van der Waals surface area (Å²) in [6, 6.07) is 0.140. The van der Waals surface area contributed by atoms with E-state index in [2.05, 4.69) is 10.6 Å². The molecule has 0 unspecified atom stereocenters. The highest BCUT2D eigenvalue weighted by Crippen LogP contribution is 2.20. The summed E-state index contributed by atoms with van der Waals surface area (Å²) >= 11 is 0. The minimum absolute atomic E-state index is 0.175. The molecule has 1 saturated heterocycles. The average molecular weight is 228 g/mol. The van der Waals surface area contributed by atoms with E-state index in [1.54, 1.807) is 0 Å². The predicted octanol–water partition coefficient (Wildman–Crippen LogP) is 0.0802. The van der Waals surface area contributed by atoms with Crippen LogP contribution in [-0.4, -0.2) is 41.9 Å². The highest BCUT2D eigenvalue weighted by Gasteiger charge is 2.30. The number of urea groups is 1. The lowest BCUT2D eigenvalue weighted by Crippen LogP contribution is -2.40. The Bertz CT molecular complexity index is 291. The maximum absolute atomic E-state index is 11.3.